The van der Waals surface area contributed by atoms with Crippen LogP contribution in [-0.2, 0) is 9.59 Å². The van der Waals surface area contributed by atoms with Gasteiger partial charge in [-0.1, -0.05) is 60.7 Å². The zero-order valence-electron chi connectivity index (χ0n) is 30.9. The standard InChI is InChI=1S/C40H38N12O6/c53-37(31(49-39(55)56)23-9-3-1-4-10-23)51-15-7-13-29(51)33-45-21-27(47-33)25-17-41-35(42-18-25)36-43-19-26(20-44-36)28-22-46-34(48-28)30-14-8-16-52(30)38(54)32(50-40(57)58)24-11-5-2-6-12-24/h1-6,9-12,17-22,29-32,49-50H,7-8,13-16H2,(H,45,47)(H,46,48)(H,55,56)(H,57,58)/t29-,30-,31+,32+/m0/s1. The van der Waals surface area contributed by atoms with Crippen LogP contribution in [0, 0.1) is 0 Å². The molecule has 0 aliphatic carbocycles. The molecule has 4 atom stereocenters. The molecule has 2 aromatic carbocycles. The number of nitrogens with zero attached hydrogens (tertiary/aromatic N) is 8. The van der Waals surface area contributed by atoms with E-state index in [1.54, 1.807) is 108 Å². The van der Waals surface area contributed by atoms with Crippen molar-refractivity contribution in [1.29, 1.82) is 0 Å². The zero-order chi connectivity index (χ0) is 40.2. The molecular weight excluding hydrogens is 745 g/mol. The lowest BCUT2D eigenvalue weighted by atomic mass is 10.1. The van der Waals surface area contributed by atoms with Crippen LogP contribution in [0.25, 0.3) is 34.2 Å². The number of rotatable bonds is 11. The number of amides is 4. The van der Waals surface area contributed by atoms with Crippen molar-refractivity contribution in [2.75, 3.05) is 13.1 Å². The molecule has 2 aliphatic rings. The van der Waals surface area contributed by atoms with Gasteiger partial charge in [0.2, 0.25) is 0 Å². The maximum Gasteiger partial charge on any atom is 0.405 e. The summed E-state index contributed by atoms with van der Waals surface area (Å²) in [6.07, 6.45) is 10.0. The molecule has 6 N–H and O–H groups in total. The van der Waals surface area contributed by atoms with Gasteiger partial charge in [0.25, 0.3) is 11.8 Å². The predicted octanol–water partition coefficient (Wildman–Crippen LogP) is 5.06. The van der Waals surface area contributed by atoms with E-state index in [4.69, 9.17) is 0 Å². The fourth-order valence-corrected chi connectivity index (χ4v) is 7.54. The molecule has 4 aromatic heterocycles. The van der Waals surface area contributed by atoms with E-state index in [0.717, 1.165) is 12.8 Å². The average Bonchev–Trinajstić information content (AvgIpc) is 4.09. The largest absolute Gasteiger partial charge is 0.465 e. The summed E-state index contributed by atoms with van der Waals surface area (Å²) >= 11 is 0. The Labute approximate surface area is 330 Å². The van der Waals surface area contributed by atoms with Gasteiger partial charge in [0.15, 0.2) is 11.6 Å². The molecular formula is C40H38N12O6. The van der Waals surface area contributed by atoms with Gasteiger partial charge < -0.3 is 40.6 Å². The second-order valence-electron chi connectivity index (χ2n) is 13.9. The van der Waals surface area contributed by atoms with Crippen molar-refractivity contribution < 1.29 is 29.4 Å². The van der Waals surface area contributed by atoms with Crippen molar-refractivity contribution in [3.63, 3.8) is 0 Å². The number of nitrogens with one attached hydrogen (secondary N) is 4. The van der Waals surface area contributed by atoms with E-state index in [0.29, 0.717) is 82.9 Å². The van der Waals surface area contributed by atoms with Crippen LogP contribution in [0.5, 0.6) is 0 Å². The molecule has 2 saturated heterocycles. The van der Waals surface area contributed by atoms with Gasteiger partial charge in [-0.25, -0.2) is 39.5 Å². The number of likely N-dealkylation sites (tertiary alicyclic amines) is 2. The molecule has 18 nitrogen and oxygen atoms in total. The van der Waals surface area contributed by atoms with Crippen LogP contribution in [0.1, 0.15) is 72.6 Å². The smallest absolute Gasteiger partial charge is 0.405 e. The van der Waals surface area contributed by atoms with Crippen LogP contribution in [0.3, 0.4) is 0 Å². The van der Waals surface area contributed by atoms with Crippen molar-refractivity contribution >= 4 is 24.0 Å². The molecule has 2 fully saturated rings. The monoisotopic (exact) mass is 782 g/mol. The van der Waals surface area contributed by atoms with Crippen LogP contribution < -0.4 is 10.6 Å². The molecule has 0 saturated carbocycles. The van der Waals surface area contributed by atoms with Crippen LogP contribution in [0.2, 0.25) is 0 Å². The third kappa shape index (κ3) is 7.79. The van der Waals surface area contributed by atoms with Crippen molar-refractivity contribution in [1.82, 2.24) is 60.3 Å². The molecule has 8 rings (SSSR count). The first-order valence-corrected chi connectivity index (χ1v) is 18.7. The molecule has 2 aliphatic heterocycles. The summed E-state index contributed by atoms with van der Waals surface area (Å²) in [5.41, 5.74) is 3.71. The molecule has 0 unspecified atom stereocenters. The van der Waals surface area contributed by atoms with E-state index in [2.05, 4.69) is 50.5 Å². The Morgan fingerprint density at radius 1 is 0.569 bits per heavy atom. The molecule has 0 radical (unpaired) electrons. The topological polar surface area (TPSA) is 248 Å². The average molecular weight is 783 g/mol. The summed E-state index contributed by atoms with van der Waals surface area (Å²) in [7, 11) is 0. The van der Waals surface area contributed by atoms with Gasteiger partial charge in [-0.05, 0) is 36.8 Å². The Morgan fingerprint density at radius 2 is 0.948 bits per heavy atom. The number of carbonyl (C=O) groups excluding carboxylic acids is 2. The highest BCUT2D eigenvalue weighted by Crippen LogP contribution is 2.35. The number of H-pyrrole nitrogens is 2. The maximum atomic E-state index is 13.7. The summed E-state index contributed by atoms with van der Waals surface area (Å²) in [6.45, 7) is 0.929. The molecule has 58 heavy (non-hydrogen) atoms. The predicted molar refractivity (Wildman–Crippen MR) is 206 cm³/mol. The normalized spacial score (nSPS) is 17.4. The van der Waals surface area contributed by atoms with E-state index in [9.17, 15) is 29.4 Å². The number of aromatic amines is 2. The summed E-state index contributed by atoms with van der Waals surface area (Å²) in [6, 6.07) is 14.7. The first-order chi connectivity index (χ1) is 28.2. The van der Waals surface area contributed by atoms with E-state index < -0.39 is 24.3 Å². The molecule has 0 bridgehead atoms. The van der Waals surface area contributed by atoms with Crippen LogP contribution in [-0.4, -0.2) is 97.0 Å². The lowest BCUT2D eigenvalue weighted by Gasteiger charge is -2.28. The van der Waals surface area contributed by atoms with Crippen molar-refractivity contribution in [3.05, 3.63) is 121 Å². The molecule has 0 spiro atoms. The van der Waals surface area contributed by atoms with Gasteiger partial charge in [0, 0.05) is 49.0 Å². The minimum atomic E-state index is -1.29. The fourth-order valence-electron chi connectivity index (χ4n) is 7.54. The third-order valence-electron chi connectivity index (χ3n) is 10.3. The summed E-state index contributed by atoms with van der Waals surface area (Å²) in [4.78, 5) is 87.6. The summed E-state index contributed by atoms with van der Waals surface area (Å²) < 4.78 is 0. The second-order valence-corrected chi connectivity index (χ2v) is 13.9. The van der Waals surface area contributed by atoms with E-state index in [1.807, 2.05) is 0 Å². The highest BCUT2D eigenvalue weighted by molar-refractivity contribution is 5.88. The summed E-state index contributed by atoms with van der Waals surface area (Å²) in [5.74, 6) is 1.05. The third-order valence-corrected chi connectivity index (χ3v) is 10.3. The summed E-state index contributed by atoms with van der Waals surface area (Å²) in [5, 5.41) is 23.7. The van der Waals surface area contributed by atoms with Crippen LogP contribution in [0.15, 0.2) is 97.8 Å². The van der Waals surface area contributed by atoms with Crippen LogP contribution >= 0.6 is 0 Å². The number of aromatic nitrogens is 8. The van der Waals surface area contributed by atoms with Gasteiger partial charge in [-0.3, -0.25) is 9.59 Å². The Balaban J connectivity index is 0.929. The van der Waals surface area contributed by atoms with E-state index >= 15 is 0 Å². The Kier molecular flexibility index (Phi) is 10.5. The van der Waals surface area contributed by atoms with Gasteiger partial charge in [-0.2, -0.15) is 0 Å². The van der Waals surface area contributed by atoms with Crippen molar-refractivity contribution in [2.45, 2.75) is 49.9 Å². The van der Waals surface area contributed by atoms with Crippen molar-refractivity contribution in [3.8, 4) is 34.2 Å². The number of carbonyl (C=O) groups is 4. The van der Waals surface area contributed by atoms with Gasteiger partial charge in [0.05, 0.1) is 35.9 Å². The molecule has 6 aromatic rings. The van der Waals surface area contributed by atoms with Crippen LogP contribution in [0.4, 0.5) is 9.59 Å². The Morgan fingerprint density at radius 3 is 1.31 bits per heavy atom. The highest BCUT2D eigenvalue weighted by atomic mass is 16.4. The van der Waals surface area contributed by atoms with Gasteiger partial charge >= 0.3 is 12.2 Å². The second kappa shape index (κ2) is 16.3. The minimum absolute atomic E-state index is 0.300. The highest BCUT2D eigenvalue weighted by Gasteiger charge is 2.38. The lowest BCUT2D eigenvalue weighted by molar-refractivity contribution is -0.135. The molecule has 6 heterocycles. The first kappa shape index (κ1) is 37.4. The number of carboxylic acid groups (broad SMARTS) is 2. The molecule has 18 heteroatoms. The number of hydrogen-bond acceptors (Lipinski definition) is 10. The number of imidazole rings is 2. The fraction of sp³-hybridized carbons (Fsp3) is 0.250. The zero-order valence-corrected chi connectivity index (χ0v) is 30.9. The quantitative estimate of drug-likeness (QED) is 0.101. The van der Waals surface area contributed by atoms with Crippen molar-refractivity contribution in [2.24, 2.45) is 0 Å². The number of hydrogen-bond donors (Lipinski definition) is 6. The molecule has 4 amide bonds. The number of benzene rings is 2. The maximum absolute atomic E-state index is 13.7. The Bertz CT molecular complexity index is 2240. The lowest BCUT2D eigenvalue weighted by Crippen LogP contribution is -2.42. The van der Waals surface area contributed by atoms with Gasteiger partial charge in [0.1, 0.15) is 23.7 Å². The van der Waals surface area contributed by atoms with Gasteiger partial charge in [-0.15, -0.1) is 0 Å². The SMILES string of the molecule is O=C(O)N[C@@H](C(=O)N1CCC[C@H]1c1ncc(-c2cnc(-c3ncc(-c4cnc([C@@H]5CCCN5C(=O)[C@H](NC(=O)O)c5ccccc5)[nH]4)cn3)nc2)[nH]1)c1ccccc1. The van der Waals surface area contributed by atoms with E-state index in [1.165, 1.54) is 0 Å². The Hall–Kier alpha value is -7.50. The minimum Gasteiger partial charge on any atom is -0.465 e. The van der Waals surface area contributed by atoms with E-state index in [-0.39, 0.29) is 23.9 Å². The molecule has 294 valence electrons. The first-order valence-electron chi connectivity index (χ1n) is 18.7.